The normalized spacial score (nSPS) is 13.5. The number of nitrogens with two attached hydrogens (primary N) is 2. The maximum atomic E-state index is 12.1. The lowest BCUT2D eigenvalue weighted by Gasteiger charge is -2.30. The van der Waals surface area contributed by atoms with Gasteiger partial charge >= 0.3 is 0 Å². The summed E-state index contributed by atoms with van der Waals surface area (Å²) < 4.78 is 5.13. The molecule has 0 fully saturated rings. The van der Waals surface area contributed by atoms with E-state index in [4.69, 9.17) is 16.2 Å². The first-order chi connectivity index (χ1) is 9.65. The third-order valence-corrected chi connectivity index (χ3v) is 3.58. The lowest BCUT2D eigenvalue weighted by Crippen LogP contribution is -2.48. The van der Waals surface area contributed by atoms with Gasteiger partial charge < -0.3 is 16.2 Å². The van der Waals surface area contributed by atoms with E-state index >= 15 is 0 Å². The van der Waals surface area contributed by atoms with Crippen molar-refractivity contribution < 1.29 is 9.53 Å². The van der Waals surface area contributed by atoms with Gasteiger partial charge in [0.1, 0.15) is 11.2 Å². The van der Waals surface area contributed by atoms with Gasteiger partial charge in [-0.15, -0.1) is 0 Å². The van der Waals surface area contributed by atoms with Gasteiger partial charge in [0.15, 0.2) is 0 Å². The van der Waals surface area contributed by atoms with Gasteiger partial charge in [0, 0.05) is 6.54 Å². The summed E-state index contributed by atoms with van der Waals surface area (Å²) in [5.41, 5.74) is 12.1. The number of carbonyl (C=O) groups is 1. The molecule has 0 aliphatic heterocycles. The van der Waals surface area contributed by atoms with Crippen LogP contribution in [0.1, 0.15) is 11.1 Å². The lowest BCUT2D eigenvalue weighted by molar-refractivity contribution is -0.121. The number of carbonyl (C=O) groups excluding carboxylic acids is 1. The van der Waals surface area contributed by atoms with Crippen LogP contribution < -0.4 is 16.2 Å². The first-order valence-electron chi connectivity index (χ1n) is 6.35. The zero-order valence-electron chi connectivity index (χ0n) is 11.4. The van der Waals surface area contributed by atoms with Crippen LogP contribution >= 0.6 is 0 Å². The number of primary amides is 1. The molecule has 2 aromatic carbocycles. The van der Waals surface area contributed by atoms with Crippen LogP contribution in [0.2, 0.25) is 0 Å². The first kappa shape index (κ1) is 14.1. The predicted molar refractivity (Wildman–Crippen MR) is 78.5 cm³/mol. The number of benzene rings is 2. The zero-order chi connectivity index (χ0) is 14.6. The Labute approximate surface area is 118 Å². The fraction of sp³-hybridized carbons (Fsp3) is 0.188. The predicted octanol–water partition coefficient (Wildman–Crippen LogP) is 1.43. The smallest absolute Gasteiger partial charge is 0.233 e. The van der Waals surface area contributed by atoms with Gasteiger partial charge in [-0.3, -0.25) is 4.79 Å². The standard InChI is InChI=1S/C16H18N2O2/c1-20-14-9-7-13(8-10-14)16(11-17,15(18)19)12-5-3-2-4-6-12/h2-10H,11,17H2,1H3,(H2,18,19). The molecule has 0 bridgehead atoms. The molecule has 2 rings (SSSR count). The van der Waals surface area contributed by atoms with Crippen molar-refractivity contribution in [3.63, 3.8) is 0 Å². The fourth-order valence-corrected chi connectivity index (χ4v) is 2.39. The molecule has 0 saturated carbocycles. The summed E-state index contributed by atoms with van der Waals surface area (Å²) in [4.78, 5) is 12.1. The molecule has 1 atom stereocenters. The molecule has 0 spiro atoms. The molecule has 2 aromatic rings. The number of rotatable bonds is 5. The molecule has 1 amide bonds. The second kappa shape index (κ2) is 5.75. The highest BCUT2D eigenvalue weighted by atomic mass is 16.5. The Morgan fingerprint density at radius 1 is 1.05 bits per heavy atom. The Hall–Kier alpha value is -2.33. The van der Waals surface area contributed by atoms with Gasteiger partial charge in [-0.25, -0.2) is 0 Å². The van der Waals surface area contributed by atoms with Crippen LogP contribution in [-0.2, 0) is 10.2 Å². The van der Waals surface area contributed by atoms with Crippen LogP contribution in [0.4, 0.5) is 0 Å². The quantitative estimate of drug-likeness (QED) is 0.862. The van der Waals surface area contributed by atoms with Crippen LogP contribution in [0.3, 0.4) is 0 Å². The molecular formula is C16H18N2O2. The molecule has 20 heavy (non-hydrogen) atoms. The van der Waals surface area contributed by atoms with Gasteiger partial charge in [0.25, 0.3) is 0 Å². The molecule has 0 aliphatic carbocycles. The van der Waals surface area contributed by atoms with Gasteiger partial charge in [0.2, 0.25) is 5.91 Å². The zero-order valence-corrected chi connectivity index (χ0v) is 11.4. The number of hydrogen-bond donors (Lipinski definition) is 2. The molecule has 0 aromatic heterocycles. The van der Waals surface area contributed by atoms with Crippen molar-refractivity contribution in [1.29, 1.82) is 0 Å². The van der Waals surface area contributed by atoms with Crippen LogP contribution in [-0.4, -0.2) is 19.6 Å². The van der Waals surface area contributed by atoms with E-state index in [2.05, 4.69) is 0 Å². The van der Waals surface area contributed by atoms with Crippen LogP contribution in [0.25, 0.3) is 0 Å². The average Bonchev–Trinajstić information content (AvgIpc) is 2.50. The SMILES string of the molecule is COc1ccc(C(CN)(C(N)=O)c2ccccc2)cc1. The van der Waals surface area contributed by atoms with Gasteiger partial charge in [-0.05, 0) is 23.3 Å². The van der Waals surface area contributed by atoms with Crippen molar-refractivity contribution in [1.82, 2.24) is 0 Å². The Bertz CT molecular complexity index is 581. The minimum absolute atomic E-state index is 0.110. The highest BCUT2D eigenvalue weighted by molar-refractivity contribution is 5.91. The molecule has 0 radical (unpaired) electrons. The van der Waals surface area contributed by atoms with Crippen molar-refractivity contribution in [3.8, 4) is 5.75 Å². The highest BCUT2D eigenvalue weighted by Crippen LogP contribution is 2.32. The highest BCUT2D eigenvalue weighted by Gasteiger charge is 2.39. The van der Waals surface area contributed by atoms with E-state index in [1.807, 2.05) is 42.5 Å². The monoisotopic (exact) mass is 270 g/mol. The topological polar surface area (TPSA) is 78.3 Å². The Balaban J connectivity index is 2.60. The molecule has 104 valence electrons. The lowest BCUT2D eigenvalue weighted by atomic mass is 9.74. The third-order valence-electron chi connectivity index (χ3n) is 3.58. The maximum Gasteiger partial charge on any atom is 0.233 e. The molecule has 4 N–H and O–H groups in total. The number of hydrogen-bond acceptors (Lipinski definition) is 3. The Kier molecular flexibility index (Phi) is 4.05. The Morgan fingerprint density at radius 2 is 1.60 bits per heavy atom. The van der Waals surface area contributed by atoms with Gasteiger partial charge in [-0.2, -0.15) is 0 Å². The van der Waals surface area contributed by atoms with Crippen LogP contribution in [0.5, 0.6) is 5.75 Å². The van der Waals surface area contributed by atoms with Crippen molar-refractivity contribution in [3.05, 3.63) is 65.7 Å². The van der Waals surface area contributed by atoms with Crippen molar-refractivity contribution in [2.24, 2.45) is 11.5 Å². The summed E-state index contributed by atoms with van der Waals surface area (Å²) in [5, 5.41) is 0. The van der Waals surface area contributed by atoms with Gasteiger partial charge in [0.05, 0.1) is 7.11 Å². The maximum absolute atomic E-state index is 12.1. The number of ether oxygens (including phenoxy) is 1. The number of amides is 1. The average molecular weight is 270 g/mol. The molecule has 4 heteroatoms. The second-order valence-corrected chi connectivity index (χ2v) is 4.57. The van der Waals surface area contributed by atoms with Crippen molar-refractivity contribution >= 4 is 5.91 Å². The molecule has 0 saturated heterocycles. The third kappa shape index (κ3) is 2.26. The summed E-state index contributed by atoms with van der Waals surface area (Å²) in [7, 11) is 1.59. The van der Waals surface area contributed by atoms with E-state index in [0.29, 0.717) is 0 Å². The summed E-state index contributed by atoms with van der Waals surface area (Å²) in [5.74, 6) is 0.258. The van der Waals surface area contributed by atoms with Crippen LogP contribution in [0.15, 0.2) is 54.6 Å². The molecule has 1 unspecified atom stereocenters. The van der Waals surface area contributed by atoms with E-state index in [0.717, 1.165) is 16.9 Å². The van der Waals surface area contributed by atoms with Crippen LogP contribution in [0, 0.1) is 0 Å². The summed E-state index contributed by atoms with van der Waals surface area (Å²) in [6.45, 7) is 0.110. The second-order valence-electron chi connectivity index (χ2n) is 4.57. The largest absolute Gasteiger partial charge is 0.497 e. The van der Waals surface area contributed by atoms with E-state index in [9.17, 15) is 4.79 Å². The number of methoxy groups -OCH3 is 1. The van der Waals surface area contributed by atoms with Gasteiger partial charge in [-0.1, -0.05) is 42.5 Å². The van der Waals surface area contributed by atoms with E-state index in [-0.39, 0.29) is 6.54 Å². The minimum atomic E-state index is -1.02. The molecule has 4 nitrogen and oxygen atoms in total. The van der Waals surface area contributed by atoms with E-state index in [1.54, 1.807) is 19.2 Å². The first-order valence-corrected chi connectivity index (χ1v) is 6.35. The summed E-state index contributed by atoms with van der Waals surface area (Å²) in [6, 6.07) is 16.6. The van der Waals surface area contributed by atoms with Crippen molar-refractivity contribution in [2.45, 2.75) is 5.41 Å². The summed E-state index contributed by atoms with van der Waals surface area (Å²) >= 11 is 0. The molecular weight excluding hydrogens is 252 g/mol. The van der Waals surface area contributed by atoms with E-state index in [1.165, 1.54) is 0 Å². The fourth-order valence-electron chi connectivity index (χ4n) is 2.39. The summed E-state index contributed by atoms with van der Waals surface area (Å²) in [6.07, 6.45) is 0. The van der Waals surface area contributed by atoms with Crippen molar-refractivity contribution in [2.75, 3.05) is 13.7 Å². The Morgan fingerprint density at radius 3 is 2.05 bits per heavy atom. The molecule has 0 heterocycles. The molecule has 0 aliphatic rings. The van der Waals surface area contributed by atoms with E-state index < -0.39 is 11.3 Å². The minimum Gasteiger partial charge on any atom is -0.497 e.